The molecule has 1 aromatic carbocycles. The van der Waals surface area contributed by atoms with E-state index in [-0.39, 0.29) is 24.8 Å². The van der Waals surface area contributed by atoms with Crippen molar-refractivity contribution in [3.8, 4) is 5.75 Å². The maximum atomic E-state index is 12.4. The number of nitrogens with zero attached hydrogens (tertiary/aromatic N) is 1. The van der Waals surface area contributed by atoms with Gasteiger partial charge in [-0.3, -0.25) is 30.1 Å². The van der Waals surface area contributed by atoms with E-state index in [0.29, 0.717) is 9.23 Å². The Morgan fingerprint density at radius 1 is 1.28 bits per heavy atom. The molecule has 1 aromatic rings. The fourth-order valence-electron chi connectivity index (χ4n) is 1.98. The number of nitrogens with one attached hydrogen (secondary N) is 2. The summed E-state index contributed by atoms with van der Waals surface area (Å²) >= 11 is 6.41. The van der Waals surface area contributed by atoms with Crippen LogP contribution >= 0.6 is 24.0 Å². The van der Waals surface area contributed by atoms with E-state index >= 15 is 0 Å². The second kappa shape index (κ2) is 8.63. The van der Waals surface area contributed by atoms with E-state index < -0.39 is 5.91 Å². The molecular formula is C16H17N3O4S2. The molecule has 0 spiro atoms. The fraction of sp³-hybridized carbons (Fsp3) is 0.250. The quantitative estimate of drug-likeness (QED) is 0.457. The van der Waals surface area contributed by atoms with Gasteiger partial charge in [0.05, 0.1) is 12.0 Å². The van der Waals surface area contributed by atoms with Crippen molar-refractivity contribution < 1.29 is 19.1 Å². The standard InChI is InChI=1S/C16H17N3O4S2/c1-10(20)17-18-14(21)7-8-19-15(22)13(25-16(19)24)9-11-3-5-12(23-2)6-4-11/h3-6,9H,7-8H2,1-2H3,(H,17,20)(H,18,21). The largest absolute Gasteiger partial charge is 0.497 e. The SMILES string of the molecule is COc1ccc(C=C2SC(=S)N(CCC(=O)NNC(C)=O)C2=O)cc1. The molecule has 25 heavy (non-hydrogen) atoms. The minimum Gasteiger partial charge on any atom is -0.497 e. The van der Waals surface area contributed by atoms with Crippen LogP contribution in [0, 0.1) is 0 Å². The molecule has 2 N–H and O–H groups in total. The summed E-state index contributed by atoms with van der Waals surface area (Å²) in [5, 5.41) is 0. The van der Waals surface area contributed by atoms with Crippen LogP contribution in [0.5, 0.6) is 5.75 Å². The van der Waals surface area contributed by atoms with E-state index in [2.05, 4.69) is 10.9 Å². The monoisotopic (exact) mass is 379 g/mol. The lowest BCUT2D eigenvalue weighted by atomic mass is 10.2. The van der Waals surface area contributed by atoms with Gasteiger partial charge in [0.25, 0.3) is 5.91 Å². The van der Waals surface area contributed by atoms with Crippen LogP contribution in [-0.4, -0.2) is 40.6 Å². The normalized spacial score (nSPS) is 15.4. The summed E-state index contributed by atoms with van der Waals surface area (Å²) in [6.07, 6.45) is 1.78. The molecule has 1 heterocycles. The first-order chi connectivity index (χ1) is 11.9. The van der Waals surface area contributed by atoms with Gasteiger partial charge in [0.1, 0.15) is 10.1 Å². The van der Waals surface area contributed by atoms with Crippen molar-refractivity contribution in [2.75, 3.05) is 13.7 Å². The Morgan fingerprint density at radius 3 is 2.56 bits per heavy atom. The minimum atomic E-state index is -0.400. The number of benzene rings is 1. The van der Waals surface area contributed by atoms with Gasteiger partial charge in [-0.15, -0.1) is 0 Å². The summed E-state index contributed by atoms with van der Waals surface area (Å²) in [6, 6.07) is 7.29. The predicted octanol–water partition coefficient (Wildman–Crippen LogP) is 1.45. The van der Waals surface area contributed by atoms with E-state index in [9.17, 15) is 14.4 Å². The van der Waals surface area contributed by atoms with Crippen molar-refractivity contribution in [2.45, 2.75) is 13.3 Å². The Bertz CT molecular complexity index is 731. The number of rotatable bonds is 5. The molecule has 3 amide bonds. The summed E-state index contributed by atoms with van der Waals surface area (Å²) in [5.41, 5.74) is 5.29. The van der Waals surface area contributed by atoms with E-state index in [1.54, 1.807) is 25.3 Å². The number of ether oxygens (including phenoxy) is 1. The number of amides is 3. The first-order valence-electron chi connectivity index (χ1n) is 7.35. The first-order valence-corrected chi connectivity index (χ1v) is 8.58. The zero-order valence-electron chi connectivity index (χ0n) is 13.7. The average Bonchev–Trinajstić information content (AvgIpc) is 2.85. The lowest BCUT2D eigenvalue weighted by molar-refractivity contribution is -0.128. The number of carbonyl (C=O) groups is 3. The number of hydrazine groups is 1. The Labute approximate surface area is 154 Å². The van der Waals surface area contributed by atoms with Crippen LogP contribution in [0.3, 0.4) is 0 Å². The van der Waals surface area contributed by atoms with Crippen molar-refractivity contribution in [1.29, 1.82) is 0 Å². The molecular weight excluding hydrogens is 362 g/mol. The van der Waals surface area contributed by atoms with E-state index in [1.807, 2.05) is 12.1 Å². The molecule has 0 aromatic heterocycles. The number of carbonyl (C=O) groups excluding carboxylic acids is 3. The fourth-order valence-corrected chi connectivity index (χ4v) is 3.29. The maximum Gasteiger partial charge on any atom is 0.266 e. The molecule has 132 valence electrons. The summed E-state index contributed by atoms with van der Waals surface area (Å²) in [5.74, 6) is -0.280. The second-order valence-corrected chi connectivity index (χ2v) is 6.76. The van der Waals surface area contributed by atoms with Gasteiger partial charge in [-0.1, -0.05) is 36.1 Å². The molecule has 1 fully saturated rings. The van der Waals surface area contributed by atoms with Crippen LogP contribution in [-0.2, 0) is 14.4 Å². The Hall–Kier alpha value is -2.39. The number of thiocarbonyl (C=S) groups is 1. The first kappa shape index (κ1) is 18.9. The van der Waals surface area contributed by atoms with E-state index in [4.69, 9.17) is 17.0 Å². The van der Waals surface area contributed by atoms with Crippen molar-refractivity contribution >= 4 is 52.1 Å². The Morgan fingerprint density at radius 2 is 1.96 bits per heavy atom. The third-order valence-corrected chi connectivity index (χ3v) is 4.61. The molecule has 1 aliphatic heterocycles. The van der Waals surface area contributed by atoms with Crippen molar-refractivity contribution in [3.05, 3.63) is 34.7 Å². The molecule has 0 bridgehead atoms. The zero-order valence-corrected chi connectivity index (χ0v) is 15.3. The second-order valence-electron chi connectivity index (χ2n) is 5.09. The third-order valence-electron chi connectivity index (χ3n) is 3.23. The van der Waals surface area contributed by atoms with Gasteiger partial charge in [0.2, 0.25) is 11.8 Å². The van der Waals surface area contributed by atoms with Crippen LogP contribution in [0.4, 0.5) is 0 Å². The Kier molecular flexibility index (Phi) is 6.54. The number of thioether (sulfide) groups is 1. The van der Waals surface area contributed by atoms with Gasteiger partial charge >= 0.3 is 0 Å². The lowest BCUT2D eigenvalue weighted by Crippen LogP contribution is -2.42. The van der Waals surface area contributed by atoms with Gasteiger partial charge in [-0.05, 0) is 23.8 Å². The minimum absolute atomic E-state index is 0.0303. The molecule has 0 saturated carbocycles. The van der Waals surface area contributed by atoms with Gasteiger partial charge in [-0.25, -0.2) is 0 Å². The number of hydrogen-bond donors (Lipinski definition) is 2. The van der Waals surface area contributed by atoms with Crippen molar-refractivity contribution in [3.63, 3.8) is 0 Å². The number of hydrogen-bond acceptors (Lipinski definition) is 6. The van der Waals surface area contributed by atoms with E-state index in [0.717, 1.165) is 11.3 Å². The molecule has 1 aliphatic rings. The molecule has 0 unspecified atom stereocenters. The van der Waals surface area contributed by atoms with Crippen LogP contribution < -0.4 is 15.6 Å². The van der Waals surface area contributed by atoms with Crippen molar-refractivity contribution in [1.82, 2.24) is 15.8 Å². The zero-order chi connectivity index (χ0) is 18.4. The predicted molar refractivity (Wildman–Crippen MR) is 99.4 cm³/mol. The molecule has 0 radical (unpaired) electrons. The van der Waals surface area contributed by atoms with E-state index in [1.165, 1.54) is 23.6 Å². The summed E-state index contributed by atoms with van der Waals surface area (Å²) in [7, 11) is 1.59. The lowest BCUT2D eigenvalue weighted by Gasteiger charge is -2.14. The molecule has 1 saturated heterocycles. The van der Waals surface area contributed by atoms with Gasteiger partial charge < -0.3 is 4.74 Å². The average molecular weight is 379 g/mol. The van der Waals surface area contributed by atoms with Gasteiger partial charge in [0.15, 0.2) is 0 Å². The van der Waals surface area contributed by atoms with Gasteiger partial charge in [0, 0.05) is 19.9 Å². The highest BCUT2D eigenvalue weighted by atomic mass is 32.2. The highest BCUT2D eigenvalue weighted by molar-refractivity contribution is 8.26. The van der Waals surface area contributed by atoms with Crippen molar-refractivity contribution in [2.24, 2.45) is 0 Å². The highest BCUT2D eigenvalue weighted by Gasteiger charge is 2.32. The smallest absolute Gasteiger partial charge is 0.266 e. The van der Waals surface area contributed by atoms with Crippen LogP contribution in [0.15, 0.2) is 29.2 Å². The third kappa shape index (κ3) is 5.30. The van der Waals surface area contributed by atoms with Crippen LogP contribution in [0.1, 0.15) is 18.9 Å². The highest BCUT2D eigenvalue weighted by Crippen LogP contribution is 2.32. The molecule has 0 aliphatic carbocycles. The molecule has 9 heteroatoms. The van der Waals surface area contributed by atoms with Gasteiger partial charge in [-0.2, -0.15) is 0 Å². The summed E-state index contributed by atoms with van der Waals surface area (Å²) < 4.78 is 5.50. The maximum absolute atomic E-state index is 12.4. The Balaban J connectivity index is 1.97. The topological polar surface area (TPSA) is 87.7 Å². The molecule has 0 atom stereocenters. The summed E-state index contributed by atoms with van der Waals surface area (Å²) in [4.78, 5) is 36.7. The summed E-state index contributed by atoms with van der Waals surface area (Å²) in [6.45, 7) is 1.43. The number of methoxy groups -OCH3 is 1. The van der Waals surface area contributed by atoms with Crippen LogP contribution in [0.2, 0.25) is 0 Å². The molecule has 2 rings (SSSR count). The molecule has 7 nitrogen and oxygen atoms in total. The van der Waals surface area contributed by atoms with Crippen LogP contribution in [0.25, 0.3) is 6.08 Å².